The standard InChI is InChI=1S/C14H19N3/c1-10(2)13-6-4-5-7-14(13)17-11(3)12(8-15)9-16-17/h4-7,9-10H,8,15H2,1-3H3. The van der Waals surface area contributed by atoms with E-state index in [1.165, 1.54) is 5.56 Å². The maximum atomic E-state index is 5.69. The highest BCUT2D eigenvalue weighted by Crippen LogP contribution is 2.24. The van der Waals surface area contributed by atoms with E-state index in [2.05, 4.69) is 44.1 Å². The summed E-state index contributed by atoms with van der Waals surface area (Å²) in [4.78, 5) is 0. The van der Waals surface area contributed by atoms with Crippen molar-refractivity contribution in [2.75, 3.05) is 0 Å². The molecule has 0 amide bonds. The molecule has 0 saturated carbocycles. The highest BCUT2D eigenvalue weighted by molar-refractivity contribution is 5.44. The molecule has 90 valence electrons. The van der Waals surface area contributed by atoms with Crippen LogP contribution < -0.4 is 5.73 Å². The van der Waals surface area contributed by atoms with Gasteiger partial charge in [0.25, 0.3) is 0 Å². The van der Waals surface area contributed by atoms with E-state index in [9.17, 15) is 0 Å². The number of nitrogens with two attached hydrogens (primary N) is 1. The van der Waals surface area contributed by atoms with Gasteiger partial charge in [-0.25, -0.2) is 4.68 Å². The van der Waals surface area contributed by atoms with E-state index >= 15 is 0 Å². The Hall–Kier alpha value is -1.61. The number of benzene rings is 1. The van der Waals surface area contributed by atoms with E-state index < -0.39 is 0 Å². The Morgan fingerprint density at radius 2 is 2.00 bits per heavy atom. The molecule has 0 bridgehead atoms. The zero-order chi connectivity index (χ0) is 12.4. The quantitative estimate of drug-likeness (QED) is 0.879. The molecule has 2 rings (SSSR count). The molecule has 0 unspecified atom stereocenters. The Bertz CT molecular complexity index is 512. The number of rotatable bonds is 3. The average Bonchev–Trinajstić information content (AvgIpc) is 2.70. The molecule has 2 N–H and O–H groups in total. The molecule has 1 aromatic heterocycles. The summed E-state index contributed by atoms with van der Waals surface area (Å²) in [5.41, 5.74) is 10.4. The molecule has 3 nitrogen and oxygen atoms in total. The lowest BCUT2D eigenvalue weighted by Crippen LogP contribution is -2.05. The highest BCUT2D eigenvalue weighted by Gasteiger charge is 2.11. The van der Waals surface area contributed by atoms with Crippen molar-refractivity contribution in [1.82, 2.24) is 9.78 Å². The molecule has 1 heterocycles. The molecule has 0 saturated heterocycles. The molecule has 17 heavy (non-hydrogen) atoms. The van der Waals surface area contributed by atoms with Crippen molar-refractivity contribution < 1.29 is 0 Å². The van der Waals surface area contributed by atoms with E-state index in [1.54, 1.807) is 0 Å². The smallest absolute Gasteiger partial charge is 0.0683 e. The van der Waals surface area contributed by atoms with Gasteiger partial charge in [-0.15, -0.1) is 0 Å². The van der Waals surface area contributed by atoms with Crippen molar-refractivity contribution >= 4 is 0 Å². The first-order chi connectivity index (χ1) is 8.15. The Labute approximate surface area is 102 Å². The summed E-state index contributed by atoms with van der Waals surface area (Å²) in [5, 5.41) is 4.44. The number of hydrogen-bond acceptors (Lipinski definition) is 2. The minimum Gasteiger partial charge on any atom is -0.326 e. The van der Waals surface area contributed by atoms with Crippen LogP contribution in [0.25, 0.3) is 5.69 Å². The number of hydrogen-bond donors (Lipinski definition) is 1. The molecule has 0 aliphatic rings. The summed E-state index contributed by atoms with van der Waals surface area (Å²) in [6.45, 7) is 6.99. The zero-order valence-corrected chi connectivity index (χ0v) is 10.6. The van der Waals surface area contributed by atoms with Crippen LogP contribution in [0.5, 0.6) is 0 Å². The molecule has 0 radical (unpaired) electrons. The minimum absolute atomic E-state index is 0.483. The zero-order valence-electron chi connectivity index (χ0n) is 10.6. The lowest BCUT2D eigenvalue weighted by Gasteiger charge is -2.14. The Kier molecular flexibility index (Phi) is 3.29. The highest BCUT2D eigenvalue weighted by atomic mass is 15.3. The molecule has 0 fully saturated rings. The van der Waals surface area contributed by atoms with Gasteiger partial charge in [0.15, 0.2) is 0 Å². The topological polar surface area (TPSA) is 43.8 Å². The van der Waals surface area contributed by atoms with Crippen molar-refractivity contribution in [2.45, 2.75) is 33.2 Å². The molecular weight excluding hydrogens is 210 g/mol. The van der Waals surface area contributed by atoms with Gasteiger partial charge in [-0.05, 0) is 24.5 Å². The van der Waals surface area contributed by atoms with E-state index in [0.717, 1.165) is 16.9 Å². The molecule has 0 atom stereocenters. The fraction of sp³-hybridized carbons (Fsp3) is 0.357. The van der Waals surface area contributed by atoms with Crippen LogP contribution in [0.1, 0.15) is 36.6 Å². The lowest BCUT2D eigenvalue weighted by molar-refractivity contribution is 0.791. The van der Waals surface area contributed by atoms with Crippen LogP contribution in [0.4, 0.5) is 0 Å². The molecular formula is C14H19N3. The van der Waals surface area contributed by atoms with Gasteiger partial charge in [-0.2, -0.15) is 5.10 Å². The first-order valence-corrected chi connectivity index (χ1v) is 5.98. The summed E-state index contributed by atoms with van der Waals surface area (Å²) in [6, 6.07) is 8.38. The SMILES string of the molecule is Cc1c(CN)cnn1-c1ccccc1C(C)C. The van der Waals surface area contributed by atoms with Crippen LogP contribution in [0.2, 0.25) is 0 Å². The minimum atomic E-state index is 0.483. The molecule has 0 spiro atoms. The van der Waals surface area contributed by atoms with E-state index in [1.807, 2.05) is 16.9 Å². The summed E-state index contributed by atoms with van der Waals surface area (Å²) in [7, 11) is 0. The number of para-hydroxylation sites is 1. The maximum Gasteiger partial charge on any atom is 0.0683 e. The van der Waals surface area contributed by atoms with Gasteiger partial charge in [0.05, 0.1) is 11.9 Å². The average molecular weight is 229 g/mol. The van der Waals surface area contributed by atoms with Crippen LogP contribution in [0.3, 0.4) is 0 Å². The second-order valence-corrected chi connectivity index (χ2v) is 4.58. The Morgan fingerprint density at radius 1 is 1.29 bits per heavy atom. The van der Waals surface area contributed by atoms with E-state index in [4.69, 9.17) is 5.73 Å². The van der Waals surface area contributed by atoms with Crippen molar-refractivity contribution in [3.8, 4) is 5.69 Å². The predicted octanol–water partition coefficient (Wildman–Crippen LogP) is 2.76. The van der Waals surface area contributed by atoms with Gasteiger partial charge >= 0.3 is 0 Å². The molecule has 1 aromatic carbocycles. The van der Waals surface area contributed by atoms with Crippen molar-refractivity contribution in [1.29, 1.82) is 0 Å². The summed E-state index contributed by atoms with van der Waals surface area (Å²) >= 11 is 0. The van der Waals surface area contributed by atoms with Crippen LogP contribution in [0.15, 0.2) is 30.5 Å². The van der Waals surface area contributed by atoms with Crippen LogP contribution in [0, 0.1) is 6.92 Å². The van der Waals surface area contributed by atoms with E-state index in [-0.39, 0.29) is 0 Å². The monoisotopic (exact) mass is 229 g/mol. The first kappa shape index (κ1) is 11.9. The fourth-order valence-electron chi connectivity index (χ4n) is 2.06. The third-order valence-electron chi connectivity index (χ3n) is 3.12. The van der Waals surface area contributed by atoms with Gasteiger partial charge in [0, 0.05) is 17.8 Å². The predicted molar refractivity (Wildman–Crippen MR) is 70.3 cm³/mol. The largest absolute Gasteiger partial charge is 0.326 e. The molecule has 0 aliphatic heterocycles. The van der Waals surface area contributed by atoms with Gasteiger partial charge in [0.2, 0.25) is 0 Å². The normalized spacial score (nSPS) is 11.1. The Balaban J connectivity index is 2.56. The van der Waals surface area contributed by atoms with Gasteiger partial charge in [-0.3, -0.25) is 0 Å². The second-order valence-electron chi connectivity index (χ2n) is 4.58. The third-order valence-corrected chi connectivity index (χ3v) is 3.12. The summed E-state index contributed by atoms with van der Waals surface area (Å²) in [6.07, 6.45) is 1.85. The first-order valence-electron chi connectivity index (χ1n) is 5.98. The number of nitrogens with zero attached hydrogens (tertiary/aromatic N) is 2. The van der Waals surface area contributed by atoms with Crippen LogP contribution in [-0.4, -0.2) is 9.78 Å². The maximum absolute atomic E-state index is 5.69. The van der Waals surface area contributed by atoms with Gasteiger partial charge < -0.3 is 5.73 Å². The number of aromatic nitrogens is 2. The van der Waals surface area contributed by atoms with Crippen molar-refractivity contribution in [2.24, 2.45) is 5.73 Å². The molecule has 3 heteroatoms. The molecule has 0 aliphatic carbocycles. The van der Waals surface area contributed by atoms with Crippen LogP contribution >= 0.6 is 0 Å². The fourth-order valence-corrected chi connectivity index (χ4v) is 2.06. The van der Waals surface area contributed by atoms with Crippen molar-refractivity contribution in [3.05, 3.63) is 47.3 Å². The summed E-state index contributed by atoms with van der Waals surface area (Å²) in [5.74, 6) is 0.483. The molecule has 2 aromatic rings. The second kappa shape index (κ2) is 4.72. The summed E-state index contributed by atoms with van der Waals surface area (Å²) < 4.78 is 1.98. The van der Waals surface area contributed by atoms with Gasteiger partial charge in [-0.1, -0.05) is 32.0 Å². The Morgan fingerprint density at radius 3 is 2.59 bits per heavy atom. The third kappa shape index (κ3) is 2.11. The van der Waals surface area contributed by atoms with Gasteiger partial charge in [0.1, 0.15) is 0 Å². The van der Waals surface area contributed by atoms with Crippen LogP contribution in [-0.2, 0) is 6.54 Å². The van der Waals surface area contributed by atoms with E-state index in [0.29, 0.717) is 12.5 Å². The van der Waals surface area contributed by atoms with Crippen molar-refractivity contribution in [3.63, 3.8) is 0 Å². The lowest BCUT2D eigenvalue weighted by atomic mass is 10.0.